The minimum Gasteiger partial charge on any atom is -0.353 e. The predicted molar refractivity (Wildman–Crippen MR) is 70.9 cm³/mol. The van der Waals surface area contributed by atoms with Gasteiger partial charge in [0.2, 0.25) is 0 Å². The van der Waals surface area contributed by atoms with E-state index in [4.69, 9.17) is 16.9 Å². The first-order valence-electron chi connectivity index (χ1n) is 5.64. The number of benzene rings is 2. The maximum absolute atomic E-state index is 13.6. The van der Waals surface area contributed by atoms with Gasteiger partial charge in [-0.05, 0) is 36.4 Å². The molecule has 0 aliphatic heterocycles. The number of nitrogens with zero attached hydrogens (tertiary/aromatic N) is 1. The molecule has 21 heavy (non-hydrogen) atoms. The highest BCUT2D eigenvalue weighted by atomic mass is 35.5. The van der Waals surface area contributed by atoms with Crippen molar-refractivity contribution in [2.45, 2.75) is 6.18 Å². The van der Waals surface area contributed by atoms with Crippen LogP contribution in [0.1, 0.15) is 11.1 Å². The second-order valence-electron chi connectivity index (χ2n) is 4.12. The van der Waals surface area contributed by atoms with Crippen LogP contribution in [-0.2, 0) is 6.18 Å². The fourth-order valence-electron chi connectivity index (χ4n) is 1.70. The van der Waals surface area contributed by atoms with Crippen LogP contribution in [0, 0.1) is 17.1 Å². The van der Waals surface area contributed by atoms with Crippen LogP contribution in [0.4, 0.5) is 28.9 Å². The lowest BCUT2D eigenvalue weighted by molar-refractivity contribution is -0.137. The van der Waals surface area contributed by atoms with Crippen molar-refractivity contribution in [2.24, 2.45) is 0 Å². The van der Waals surface area contributed by atoms with Crippen molar-refractivity contribution in [3.05, 3.63) is 58.4 Å². The number of alkyl halides is 3. The normalized spacial score (nSPS) is 11.0. The second-order valence-corrected chi connectivity index (χ2v) is 4.56. The van der Waals surface area contributed by atoms with Gasteiger partial charge in [-0.2, -0.15) is 18.4 Å². The van der Waals surface area contributed by atoms with Crippen LogP contribution in [-0.4, -0.2) is 0 Å². The Hall–Kier alpha value is -2.26. The largest absolute Gasteiger partial charge is 0.417 e. The van der Waals surface area contributed by atoms with Crippen LogP contribution in [0.5, 0.6) is 0 Å². The van der Waals surface area contributed by atoms with Gasteiger partial charge in [-0.25, -0.2) is 4.39 Å². The first-order valence-corrected chi connectivity index (χ1v) is 6.02. The van der Waals surface area contributed by atoms with Gasteiger partial charge in [0.15, 0.2) is 0 Å². The molecule has 0 amide bonds. The van der Waals surface area contributed by atoms with Crippen molar-refractivity contribution >= 4 is 23.0 Å². The number of hydrogen-bond donors (Lipinski definition) is 1. The average molecular weight is 315 g/mol. The van der Waals surface area contributed by atoms with E-state index in [0.717, 1.165) is 18.2 Å². The number of anilines is 2. The Balaban J connectivity index is 2.40. The van der Waals surface area contributed by atoms with E-state index in [0.29, 0.717) is 0 Å². The third-order valence-electron chi connectivity index (χ3n) is 2.66. The van der Waals surface area contributed by atoms with Gasteiger partial charge in [-0.15, -0.1) is 0 Å². The lowest BCUT2D eigenvalue weighted by Gasteiger charge is -2.12. The second kappa shape index (κ2) is 5.62. The molecule has 108 valence electrons. The molecule has 2 rings (SSSR count). The lowest BCUT2D eigenvalue weighted by atomic mass is 10.1. The van der Waals surface area contributed by atoms with Gasteiger partial charge in [0.25, 0.3) is 0 Å². The summed E-state index contributed by atoms with van der Waals surface area (Å²) in [5.41, 5.74) is -1.58. The van der Waals surface area contributed by atoms with Crippen molar-refractivity contribution < 1.29 is 17.6 Å². The first-order chi connectivity index (χ1) is 9.81. The van der Waals surface area contributed by atoms with E-state index in [9.17, 15) is 17.6 Å². The van der Waals surface area contributed by atoms with E-state index in [1.807, 2.05) is 0 Å². The van der Waals surface area contributed by atoms with Gasteiger partial charge in [0.05, 0.1) is 22.9 Å². The molecule has 0 unspecified atom stereocenters. The SMILES string of the molecule is N#Cc1ccc(Nc2ccc(Cl)cc2F)cc1C(F)(F)F. The molecule has 0 saturated heterocycles. The maximum Gasteiger partial charge on any atom is 0.417 e. The summed E-state index contributed by atoms with van der Waals surface area (Å²) in [4.78, 5) is 0. The predicted octanol–water partition coefficient (Wildman–Crippen LogP) is 5.11. The molecule has 0 saturated carbocycles. The highest BCUT2D eigenvalue weighted by Gasteiger charge is 2.33. The van der Waals surface area contributed by atoms with Crippen molar-refractivity contribution in [2.75, 3.05) is 5.32 Å². The zero-order valence-electron chi connectivity index (χ0n) is 10.3. The Kier molecular flexibility index (Phi) is 4.05. The molecule has 0 atom stereocenters. The van der Waals surface area contributed by atoms with Crippen molar-refractivity contribution in [1.29, 1.82) is 5.26 Å². The van der Waals surface area contributed by atoms with Crippen LogP contribution in [0.2, 0.25) is 5.02 Å². The third kappa shape index (κ3) is 3.44. The van der Waals surface area contributed by atoms with Gasteiger partial charge in [-0.3, -0.25) is 0 Å². The molecular weight excluding hydrogens is 308 g/mol. The van der Waals surface area contributed by atoms with Crippen molar-refractivity contribution in [3.8, 4) is 6.07 Å². The van der Waals surface area contributed by atoms with Crippen LogP contribution >= 0.6 is 11.6 Å². The van der Waals surface area contributed by atoms with Gasteiger partial charge in [0.1, 0.15) is 5.82 Å². The van der Waals surface area contributed by atoms with E-state index >= 15 is 0 Å². The van der Waals surface area contributed by atoms with E-state index in [1.165, 1.54) is 24.3 Å². The van der Waals surface area contributed by atoms with Crippen LogP contribution < -0.4 is 5.32 Å². The first kappa shape index (κ1) is 15.1. The smallest absolute Gasteiger partial charge is 0.353 e. The monoisotopic (exact) mass is 314 g/mol. The third-order valence-corrected chi connectivity index (χ3v) is 2.89. The van der Waals surface area contributed by atoms with Gasteiger partial charge in [-0.1, -0.05) is 11.6 Å². The Bertz CT molecular complexity index is 720. The molecule has 0 aliphatic carbocycles. The molecular formula is C14H7ClF4N2. The van der Waals surface area contributed by atoms with Crippen molar-refractivity contribution in [3.63, 3.8) is 0 Å². The van der Waals surface area contributed by atoms with E-state index in [-0.39, 0.29) is 16.4 Å². The minimum atomic E-state index is -4.67. The number of rotatable bonds is 2. The number of hydrogen-bond acceptors (Lipinski definition) is 2. The highest BCUT2D eigenvalue weighted by Crippen LogP contribution is 2.34. The molecule has 2 aromatic rings. The Morgan fingerprint density at radius 3 is 2.38 bits per heavy atom. The molecule has 0 aliphatic rings. The van der Waals surface area contributed by atoms with Gasteiger partial charge >= 0.3 is 6.18 Å². The summed E-state index contributed by atoms with van der Waals surface area (Å²) >= 11 is 5.59. The van der Waals surface area contributed by atoms with Crippen LogP contribution in [0.3, 0.4) is 0 Å². The fraction of sp³-hybridized carbons (Fsp3) is 0.0714. The highest BCUT2D eigenvalue weighted by molar-refractivity contribution is 6.30. The Labute approximate surface area is 122 Å². The average Bonchev–Trinajstić information content (AvgIpc) is 2.41. The summed E-state index contributed by atoms with van der Waals surface area (Å²) < 4.78 is 52.0. The molecule has 0 fully saturated rings. The summed E-state index contributed by atoms with van der Waals surface area (Å²) in [7, 11) is 0. The Morgan fingerprint density at radius 2 is 1.81 bits per heavy atom. The quantitative estimate of drug-likeness (QED) is 0.782. The fourth-order valence-corrected chi connectivity index (χ4v) is 1.86. The zero-order valence-corrected chi connectivity index (χ0v) is 11.1. The molecule has 0 aromatic heterocycles. The molecule has 2 aromatic carbocycles. The minimum absolute atomic E-state index is 0.0162. The zero-order chi connectivity index (χ0) is 15.6. The molecule has 0 spiro atoms. The Morgan fingerprint density at radius 1 is 1.10 bits per heavy atom. The molecule has 1 N–H and O–H groups in total. The van der Waals surface area contributed by atoms with Crippen LogP contribution in [0.15, 0.2) is 36.4 Å². The number of nitriles is 1. The summed E-state index contributed by atoms with van der Waals surface area (Å²) in [6.45, 7) is 0. The summed E-state index contributed by atoms with van der Waals surface area (Å²) in [5.74, 6) is -0.694. The molecule has 0 heterocycles. The summed E-state index contributed by atoms with van der Waals surface area (Å²) in [5, 5.41) is 11.4. The molecule has 0 bridgehead atoms. The molecule has 2 nitrogen and oxygen atoms in total. The van der Waals surface area contributed by atoms with E-state index in [1.54, 1.807) is 0 Å². The van der Waals surface area contributed by atoms with Gasteiger partial charge < -0.3 is 5.32 Å². The van der Waals surface area contributed by atoms with E-state index in [2.05, 4.69) is 5.32 Å². The summed E-state index contributed by atoms with van der Waals surface area (Å²) in [6.07, 6.45) is -4.67. The van der Waals surface area contributed by atoms with E-state index < -0.39 is 23.1 Å². The number of halogens is 5. The van der Waals surface area contributed by atoms with Crippen molar-refractivity contribution in [1.82, 2.24) is 0 Å². The summed E-state index contributed by atoms with van der Waals surface area (Å²) in [6, 6.07) is 8.27. The standard InChI is InChI=1S/C14H7ClF4N2/c15-9-2-4-13(12(16)5-9)21-10-3-1-8(7-20)11(6-10)14(17,18)19/h1-6,21H. The molecule has 7 heteroatoms. The maximum atomic E-state index is 13.6. The van der Waals surface area contributed by atoms with Gasteiger partial charge in [0, 0.05) is 10.7 Å². The van der Waals surface area contributed by atoms with Crippen LogP contribution in [0.25, 0.3) is 0 Å². The lowest BCUT2D eigenvalue weighted by Crippen LogP contribution is -2.08. The molecule has 0 radical (unpaired) electrons. The topological polar surface area (TPSA) is 35.8 Å². The number of nitrogens with one attached hydrogen (secondary N) is 1.